The molecule has 0 aliphatic carbocycles. The van der Waals surface area contributed by atoms with Gasteiger partial charge in [-0.25, -0.2) is 0 Å². The second-order valence-corrected chi connectivity index (χ2v) is 6.05. The molecule has 1 aliphatic heterocycles. The molecule has 0 atom stereocenters. The summed E-state index contributed by atoms with van der Waals surface area (Å²) in [5.74, 6) is 0. The maximum absolute atomic E-state index is 12.2. The summed E-state index contributed by atoms with van der Waals surface area (Å²) < 4.78 is 27.5. The molecule has 0 amide bonds. The molecule has 6 nitrogen and oxygen atoms in total. The molecule has 7 heteroatoms. The molecule has 2 N–H and O–H groups in total. The van der Waals surface area contributed by atoms with E-state index in [1.54, 1.807) is 4.31 Å². The minimum absolute atomic E-state index is 0.530. The molecule has 17 heavy (non-hydrogen) atoms. The molecule has 102 valence electrons. The van der Waals surface area contributed by atoms with Crippen molar-refractivity contribution < 1.29 is 8.42 Å². The SMILES string of the molecule is CCN(CC)S(=O)(=O)N1CCN(CCN)CC1. The minimum atomic E-state index is -3.25. The highest BCUT2D eigenvalue weighted by molar-refractivity contribution is 7.86. The minimum Gasteiger partial charge on any atom is -0.329 e. The van der Waals surface area contributed by atoms with Crippen LogP contribution in [0.3, 0.4) is 0 Å². The Morgan fingerprint density at radius 2 is 1.65 bits per heavy atom. The molecular weight excluding hydrogens is 240 g/mol. The molecule has 1 rings (SSSR count). The fourth-order valence-corrected chi connectivity index (χ4v) is 3.68. The third kappa shape index (κ3) is 3.62. The largest absolute Gasteiger partial charge is 0.329 e. The van der Waals surface area contributed by atoms with Gasteiger partial charge in [0.2, 0.25) is 0 Å². The first-order chi connectivity index (χ1) is 8.06. The van der Waals surface area contributed by atoms with Crippen LogP contribution in [-0.4, -0.2) is 74.3 Å². The molecule has 0 radical (unpaired) electrons. The fraction of sp³-hybridized carbons (Fsp3) is 1.00. The predicted octanol–water partition coefficient (Wildman–Crippen LogP) is -0.851. The van der Waals surface area contributed by atoms with E-state index in [4.69, 9.17) is 5.73 Å². The summed E-state index contributed by atoms with van der Waals surface area (Å²) in [5, 5.41) is 0. The summed E-state index contributed by atoms with van der Waals surface area (Å²) >= 11 is 0. The van der Waals surface area contributed by atoms with Crippen LogP contribution in [-0.2, 0) is 10.2 Å². The van der Waals surface area contributed by atoms with Gasteiger partial charge in [0, 0.05) is 52.4 Å². The van der Waals surface area contributed by atoms with Crippen molar-refractivity contribution in [1.82, 2.24) is 13.5 Å². The van der Waals surface area contributed by atoms with Crippen molar-refractivity contribution in [2.45, 2.75) is 13.8 Å². The van der Waals surface area contributed by atoms with Gasteiger partial charge in [-0.2, -0.15) is 17.0 Å². The van der Waals surface area contributed by atoms with Crippen molar-refractivity contribution in [2.75, 3.05) is 52.4 Å². The summed E-state index contributed by atoms with van der Waals surface area (Å²) in [5.41, 5.74) is 5.49. The number of rotatable bonds is 6. The molecule has 0 aromatic heterocycles. The standard InChI is InChI=1S/C10H24N4O2S/c1-3-13(4-2)17(15,16)14-9-7-12(6-5-11)8-10-14/h3-11H2,1-2H3. The number of nitrogens with two attached hydrogens (primary N) is 1. The summed E-state index contributed by atoms with van der Waals surface area (Å²) in [6.07, 6.45) is 0. The van der Waals surface area contributed by atoms with Gasteiger partial charge in [-0.3, -0.25) is 4.90 Å². The lowest BCUT2D eigenvalue weighted by Crippen LogP contribution is -2.53. The first-order valence-corrected chi connectivity index (χ1v) is 7.63. The molecule has 0 spiro atoms. The molecule has 0 aromatic rings. The Bertz CT molecular complexity index is 308. The van der Waals surface area contributed by atoms with Gasteiger partial charge in [0.05, 0.1) is 0 Å². The van der Waals surface area contributed by atoms with E-state index in [0.717, 1.165) is 19.6 Å². The van der Waals surface area contributed by atoms with E-state index >= 15 is 0 Å². The van der Waals surface area contributed by atoms with Crippen LogP contribution in [0.2, 0.25) is 0 Å². The molecule has 1 heterocycles. The van der Waals surface area contributed by atoms with Gasteiger partial charge < -0.3 is 5.73 Å². The predicted molar refractivity (Wildman–Crippen MR) is 68.9 cm³/mol. The normalized spacial score (nSPS) is 20.0. The van der Waals surface area contributed by atoms with Gasteiger partial charge in [0.1, 0.15) is 0 Å². The van der Waals surface area contributed by atoms with Crippen LogP contribution in [0.5, 0.6) is 0 Å². The van der Waals surface area contributed by atoms with E-state index in [-0.39, 0.29) is 0 Å². The number of hydrogen-bond acceptors (Lipinski definition) is 4. The average molecular weight is 264 g/mol. The van der Waals surface area contributed by atoms with Gasteiger partial charge in [-0.15, -0.1) is 0 Å². The fourth-order valence-electron chi connectivity index (χ4n) is 2.08. The van der Waals surface area contributed by atoms with E-state index in [2.05, 4.69) is 4.90 Å². The molecule has 0 unspecified atom stereocenters. The maximum Gasteiger partial charge on any atom is 0.282 e. The Balaban J connectivity index is 2.58. The van der Waals surface area contributed by atoms with Crippen molar-refractivity contribution in [3.8, 4) is 0 Å². The van der Waals surface area contributed by atoms with Gasteiger partial charge >= 0.3 is 0 Å². The van der Waals surface area contributed by atoms with Crippen LogP contribution in [0.15, 0.2) is 0 Å². The van der Waals surface area contributed by atoms with E-state index in [0.29, 0.717) is 32.7 Å². The van der Waals surface area contributed by atoms with Crippen LogP contribution in [0, 0.1) is 0 Å². The molecule has 1 aliphatic rings. The van der Waals surface area contributed by atoms with Gasteiger partial charge in [0.15, 0.2) is 0 Å². The van der Waals surface area contributed by atoms with E-state index in [9.17, 15) is 8.42 Å². The molecular formula is C10H24N4O2S. The molecule has 0 saturated carbocycles. The monoisotopic (exact) mass is 264 g/mol. The Hall–Kier alpha value is -0.210. The first kappa shape index (κ1) is 14.8. The number of piperazine rings is 1. The highest BCUT2D eigenvalue weighted by atomic mass is 32.2. The second kappa shape index (κ2) is 6.65. The summed E-state index contributed by atoms with van der Waals surface area (Å²) in [6.45, 7) is 8.95. The molecule has 0 bridgehead atoms. The van der Waals surface area contributed by atoms with Crippen LogP contribution in [0.1, 0.15) is 13.8 Å². The number of hydrogen-bond donors (Lipinski definition) is 1. The third-order valence-corrected chi connectivity index (χ3v) is 5.32. The van der Waals surface area contributed by atoms with Crippen molar-refractivity contribution in [3.05, 3.63) is 0 Å². The van der Waals surface area contributed by atoms with Gasteiger partial charge in [-0.1, -0.05) is 13.8 Å². The Labute approximate surface area is 105 Å². The van der Waals surface area contributed by atoms with E-state index in [1.165, 1.54) is 4.31 Å². The Morgan fingerprint density at radius 3 is 2.06 bits per heavy atom. The van der Waals surface area contributed by atoms with Crippen molar-refractivity contribution in [2.24, 2.45) is 5.73 Å². The lowest BCUT2D eigenvalue weighted by Gasteiger charge is -2.36. The second-order valence-electron chi connectivity index (χ2n) is 4.12. The van der Waals surface area contributed by atoms with Crippen molar-refractivity contribution in [1.29, 1.82) is 0 Å². The third-order valence-electron chi connectivity index (χ3n) is 3.13. The van der Waals surface area contributed by atoms with Crippen LogP contribution >= 0.6 is 0 Å². The lowest BCUT2D eigenvalue weighted by atomic mass is 10.3. The van der Waals surface area contributed by atoms with Crippen LogP contribution in [0.4, 0.5) is 0 Å². The van der Waals surface area contributed by atoms with Crippen LogP contribution in [0.25, 0.3) is 0 Å². The molecule has 1 saturated heterocycles. The van der Waals surface area contributed by atoms with Gasteiger partial charge in [0.25, 0.3) is 10.2 Å². The van der Waals surface area contributed by atoms with Crippen molar-refractivity contribution >= 4 is 10.2 Å². The van der Waals surface area contributed by atoms with Gasteiger partial charge in [-0.05, 0) is 0 Å². The first-order valence-electron chi connectivity index (χ1n) is 6.23. The summed E-state index contributed by atoms with van der Waals surface area (Å²) in [7, 11) is -3.25. The highest BCUT2D eigenvalue weighted by Crippen LogP contribution is 2.11. The topological polar surface area (TPSA) is 69.9 Å². The molecule has 0 aromatic carbocycles. The smallest absolute Gasteiger partial charge is 0.282 e. The summed E-state index contributed by atoms with van der Waals surface area (Å²) in [6, 6.07) is 0. The maximum atomic E-state index is 12.2. The van der Waals surface area contributed by atoms with E-state index in [1.807, 2.05) is 13.8 Å². The molecule has 1 fully saturated rings. The zero-order valence-corrected chi connectivity index (χ0v) is 11.6. The number of nitrogens with zero attached hydrogens (tertiary/aromatic N) is 3. The summed E-state index contributed by atoms with van der Waals surface area (Å²) in [4.78, 5) is 2.20. The quantitative estimate of drug-likeness (QED) is 0.678. The lowest BCUT2D eigenvalue weighted by molar-refractivity contribution is 0.185. The zero-order valence-electron chi connectivity index (χ0n) is 10.8. The Morgan fingerprint density at radius 1 is 1.12 bits per heavy atom. The highest BCUT2D eigenvalue weighted by Gasteiger charge is 2.30. The Kier molecular flexibility index (Phi) is 5.81. The van der Waals surface area contributed by atoms with E-state index < -0.39 is 10.2 Å². The van der Waals surface area contributed by atoms with Crippen molar-refractivity contribution in [3.63, 3.8) is 0 Å². The average Bonchev–Trinajstić information content (AvgIpc) is 2.31. The zero-order chi connectivity index (χ0) is 12.9. The van der Waals surface area contributed by atoms with Crippen LogP contribution < -0.4 is 5.73 Å².